The number of hydrogen-bond acceptors (Lipinski definition) is 4. The van der Waals surface area contributed by atoms with Gasteiger partial charge in [-0.1, -0.05) is 0 Å². The lowest BCUT2D eigenvalue weighted by Gasteiger charge is -1.94. The van der Waals surface area contributed by atoms with Gasteiger partial charge in [0, 0.05) is 5.56 Å². The first-order valence-corrected chi connectivity index (χ1v) is 5.26. The van der Waals surface area contributed by atoms with Crippen LogP contribution in [0.15, 0.2) is 40.2 Å². The van der Waals surface area contributed by atoms with Gasteiger partial charge < -0.3 is 9.15 Å². The maximum absolute atomic E-state index is 11.8. The fraction of sp³-hybridized carbons (Fsp3) is 0. The van der Waals surface area contributed by atoms with Crippen LogP contribution in [0.25, 0.3) is 6.08 Å². The third-order valence-electron chi connectivity index (χ3n) is 2.12. The van der Waals surface area contributed by atoms with E-state index < -0.39 is 0 Å². The van der Waals surface area contributed by atoms with Crippen LogP contribution in [-0.2, 0) is 0 Å². The van der Waals surface area contributed by atoms with Gasteiger partial charge in [0.05, 0.1) is 12.5 Å². The molecule has 0 spiro atoms. The first-order valence-electron chi connectivity index (χ1n) is 4.38. The van der Waals surface area contributed by atoms with Gasteiger partial charge in [-0.3, -0.25) is 4.79 Å². The first-order chi connectivity index (χ1) is 7.34. The summed E-state index contributed by atoms with van der Waals surface area (Å²) in [6, 6.07) is 3.57. The molecular formula is C11H6O3S. The van der Waals surface area contributed by atoms with E-state index in [1.807, 2.05) is 5.38 Å². The zero-order valence-electron chi connectivity index (χ0n) is 7.60. The van der Waals surface area contributed by atoms with Crippen LogP contribution in [0.2, 0.25) is 0 Å². The van der Waals surface area contributed by atoms with E-state index in [4.69, 9.17) is 9.15 Å². The molecule has 74 valence electrons. The Morgan fingerprint density at radius 3 is 3.00 bits per heavy atom. The molecule has 2 aromatic rings. The molecule has 0 bridgehead atoms. The summed E-state index contributed by atoms with van der Waals surface area (Å²) in [5.74, 6) is 0.958. The van der Waals surface area contributed by atoms with Gasteiger partial charge in [0.1, 0.15) is 10.6 Å². The van der Waals surface area contributed by atoms with Gasteiger partial charge >= 0.3 is 0 Å². The van der Waals surface area contributed by atoms with Crippen LogP contribution in [0.1, 0.15) is 15.2 Å². The summed E-state index contributed by atoms with van der Waals surface area (Å²) >= 11 is 1.40. The highest BCUT2D eigenvalue weighted by Gasteiger charge is 2.28. The van der Waals surface area contributed by atoms with Crippen LogP contribution in [-0.4, -0.2) is 5.78 Å². The average Bonchev–Trinajstić information content (AvgIpc) is 2.89. The number of fused-ring (bicyclic) bond motifs is 1. The molecular weight excluding hydrogens is 212 g/mol. The summed E-state index contributed by atoms with van der Waals surface area (Å²) in [6.07, 6.45) is 4.80. The minimum Gasteiger partial charge on any atom is -0.472 e. The Kier molecular flexibility index (Phi) is 1.76. The van der Waals surface area contributed by atoms with Gasteiger partial charge in [-0.05, 0) is 23.6 Å². The number of rotatable bonds is 1. The Hall–Kier alpha value is -1.81. The summed E-state index contributed by atoms with van der Waals surface area (Å²) in [6.45, 7) is 0. The number of allylic oxidation sites excluding steroid dienone is 1. The van der Waals surface area contributed by atoms with Crippen molar-refractivity contribution in [3.63, 3.8) is 0 Å². The highest BCUT2D eigenvalue weighted by Crippen LogP contribution is 2.35. The van der Waals surface area contributed by atoms with Gasteiger partial charge in [-0.25, -0.2) is 0 Å². The van der Waals surface area contributed by atoms with Crippen molar-refractivity contribution in [3.05, 3.63) is 46.2 Å². The molecule has 0 N–H and O–H groups in total. The second kappa shape index (κ2) is 3.10. The number of furan rings is 1. The molecule has 3 heterocycles. The van der Waals surface area contributed by atoms with Crippen molar-refractivity contribution >= 4 is 23.2 Å². The summed E-state index contributed by atoms with van der Waals surface area (Å²) in [5, 5.41) is 1.84. The molecule has 0 unspecified atom stereocenters. The lowest BCUT2D eigenvalue weighted by molar-refractivity contribution is 0.102. The Morgan fingerprint density at radius 2 is 2.27 bits per heavy atom. The first kappa shape index (κ1) is 8.49. The van der Waals surface area contributed by atoms with E-state index >= 15 is 0 Å². The van der Waals surface area contributed by atoms with Crippen molar-refractivity contribution in [2.24, 2.45) is 0 Å². The van der Waals surface area contributed by atoms with Crippen LogP contribution in [0.5, 0.6) is 5.75 Å². The van der Waals surface area contributed by atoms with Crippen LogP contribution in [0.4, 0.5) is 0 Å². The molecule has 0 amide bonds. The van der Waals surface area contributed by atoms with Gasteiger partial charge in [-0.2, -0.15) is 0 Å². The van der Waals surface area contributed by atoms with Gasteiger partial charge in [-0.15, -0.1) is 11.3 Å². The van der Waals surface area contributed by atoms with Crippen molar-refractivity contribution in [1.29, 1.82) is 0 Å². The van der Waals surface area contributed by atoms with Crippen LogP contribution >= 0.6 is 11.3 Å². The SMILES string of the molecule is O=C1C(=Cc2ccoc2)Oc2ccsc21. The zero-order valence-corrected chi connectivity index (χ0v) is 8.41. The highest BCUT2D eigenvalue weighted by atomic mass is 32.1. The molecule has 4 heteroatoms. The Bertz CT molecular complexity index is 534. The van der Waals surface area contributed by atoms with Crippen LogP contribution < -0.4 is 4.74 Å². The summed E-state index contributed by atoms with van der Waals surface area (Å²) in [4.78, 5) is 12.4. The maximum atomic E-state index is 11.8. The zero-order chi connectivity index (χ0) is 10.3. The van der Waals surface area contributed by atoms with Crippen LogP contribution in [0, 0.1) is 0 Å². The van der Waals surface area contributed by atoms with E-state index in [1.165, 1.54) is 11.3 Å². The number of carbonyl (C=O) groups is 1. The lowest BCUT2D eigenvalue weighted by Crippen LogP contribution is -1.97. The van der Waals surface area contributed by atoms with E-state index in [1.54, 1.807) is 30.7 Å². The number of hydrogen-bond donors (Lipinski definition) is 0. The average molecular weight is 218 g/mol. The van der Waals surface area contributed by atoms with Crippen LogP contribution in [0.3, 0.4) is 0 Å². The Labute approximate surface area is 89.6 Å². The molecule has 1 aliphatic rings. The quantitative estimate of drug-likeness (QED) is 0.691. The van der Waals surface area contributed by atoms with Gasteiger partial charge in [0.2, 0.25) is 5.78 Å². The smallest absolute Gasteiger partial charge is 0.241 e. The normalized spacial score (nSPS) is 16.8. The molecule has 0 radical (unpaired) electrons. The van der Waals surface area contributed by atoms with Crippen molar-refractivity contribution < 1.29 is 13.9 Å². The third-order valence-corrected chi connectivity index (χ3v) is 3.01. The molecule has 0 aliphatic carbocycles. The van der Waals surface area contributed by atoms with Crippen molar-refractivity contribution in [1.82, 2.24) is 0 Å². The Morgan fingerprint density at radius 1 is 1.33 bits per heavy atom. The maximum Gasteiger partial charge on any atom is 0.241 e. The van der Waals surface area contributed by atoms with Crippen molar-refractivity contribution in [2.45, 2.75) is 0 Å². The van der Waals surface area contributed by atoms with E-state index in [0.717, 1.165) is 5.56 Å². The van der Waals surface area contributed by atoms with Gasteiger partial charge in [0.25, 0.3) is 0 Å². The standard InChI is InChI=1S/C11H6O3S/c12-10-9(5-7-1-3-13-6-7)14-8-2-4-15-11(8)10/h1-6H. The number of carbonyl (C=O) groups excluding carboxylic acids is 1. The number of ether oxygens (including phenoxy) is 1. The summed E-state index contributed by atoms with van der Waals surface area (Å²) < 4.78 is 10.3. The minimum absolute atomic E-state index is 0.0544. The molecule has 2 aromatic heterocycles. The molecule has 0 atom stereocenters. The molecule has 0 fully saturated rings. The summed E-state index contributed by atoms with van der Waals surface area (Å²) in [7, 11) is 0. The number of thiophene rings is 1. The summed E-state index contributed by atoms with van der Waals surface area (Å²) in [5.41, 5.74) is 0.827. The third kappa shape index (κ3) is 1.30. The monoisotopic (exact) mass is 218 g/mol. The number of ketones is 1. The Balaban J connectivity index is 2.00. The second-order valence-electron chi connectivity index (χ2n) is 3.11. The van der Waals surface area contributed by atoms with Crippen molar-refractivity contribution in [3.8, 4) is 5.75 Å². The van der Waals surface area contributed by atoms with Gasteiger partial charge in [0.15, 0.2) is 5.76 Å². The predicted molar refractivity (Wildman–Crippen MR) is 56.0 cm³/mol. The fourth-order valence-electron chi connectivity index (χ4n) is 1.42. The molecule has 1 aliphatic heterocycles. The lowest BCUT2D eigenvalue weighted by atomic mass is 10.2. The minimum atomic E-state index is -0.0544. The fourth-order valence-corrected chi connectivity index (χ4v) is 2.18. The molecule has 0 aromatic carbocycles. The largest absolute Gasteiger partial charge is 0.472 e. The highest BCUT2D eigenvalue weighted by molar-refractivity contribution is 7.12. The van der Waals surface area contributed by atoms with E-state index in [2.05, 4.69) is 0 Å². The number of Topliss-reactive ketones (excluding diaryl/α,β-unsaturated/α-hetero) is 1. The molecule has 0 saturated heterocycles. The van der Waals surface area contributed by atoms with E-state index in [0.29, 0.717) is 16.4 Å². The molecule has 3 nitrogen and oxygen atoms in total. The topological polar surface area (TPSA) is 39.4 Å². The molecule has 3 rings (SSSR count). The van der Waals surface area contributed by atoms with E-state index in [9.17, 15) is 4.79 Å². The predicted octanol–water partition coefficient (Wildman–Crippen LogP) is 2.96. The van der Waals surface area contributed by atoms with E-state index in [-0.39, 0.29) is 5.78 Å². The molecule has 0 saturated carbocycles. The second-order valence-corrected chi connectivity index (χ2v) is 4.03. The van der Waals surface area contributed by atoms with Crippen molar-refractivity contribution in [2.75, 3.05) is 0 Å². The molecule has 15 heavy (non-hydrogen) atoms.